The van der Waals surface area contributed by atoms with Crippen molar-refractivity contribution in [3.05, 3.63) is 59.4 Å². The van der Waals surface area contributed by atoms with E-state index in [-0.39, 0.29) is 11.2 Å². The Morgan fingerprint density at radius 1 is 1.10 bits per heavy atom. The molecule has 0 bridgehead atoms. The van der Waals surface area contributed by atoms with Crippen LogP contribution < -0.4 is 0 Å². The second-order valence-electron chi connectivity index (χ2n) is 6.69. The van der Waals surface area contributed by atoms with E-state index in [1.165, 1.54) is 11.1 Å². The number of Topliss-reactive ketones (excluding diaryl/α,β-unsaturated/α-hetero) is 1. The summed E-state index contributed by atoms with van der Waals surface area (Å²) in [4.78, 5) is 11.9. The van der Waals surface area contributed by atoms with Crippen molar-refractivity contribution in [2.75, 3.05) is 0 Å². The van der Waals surface area contributed by atoms with Gasteiger partial charge >= 0.3 is 0 Å². The highest BCUT2D eigenvalue weighted by atomic mass is 16.1. The Hall–Kier alpha value is -1.83. The summed E-state index contributed by atoms with van der Waals surface area (Å²) in [5.74, 6) is 0.235. The molecule has 1 aromatic heterocycles. The zero-order chi connectivity index (χ0) is 15.5. The van der Waals surface area contributed by atoms with Gasteiger partial charge in [0.1, 0.15) is 0 Å². The third-order valence-corrected chi connectivity index (χ3v) is 3.73. The van der Waals surface area contributed by atoms with Gasteiger partial charge < -0.3 is 4.57 Å². The van der Waals surface area contributed by atoms with E-state index in [0.717, 1.165) is 18.5 Å². The number of ketones is 1. The van der Waals surface area contributed by atoms with Crippen LogP contribution in [0.4, 0.5) is 0 Å². The maximum atomic E-state index is 11.9. The highest BCUT2D eigenvalue weighted by Gasteiger charge is 2.13. The van der Waals surface area contributed by atoms with Gasteiger partial charge in [-0.05, 0) is 29.0 Å². The normalized spacial score (nSPS) is 11.6. The van der Waals surface area contributed by atoms with Crippen LogP contribution in [-0.4, -0.2) is 10.4 Å². The smallest absolute Gasteiger partial charge is 0.164 e. The molecule has 2 nitrogen and oxygen atoms in total. The Morgan fingerprint density at radius 2 is 1.76 bits per heavy atom. The first-order valence-electron chi connectivity index (χ1n) is 7.68. The Balaban J connectivity index is 2.07. The van der Waals surface area contributed by atoms with E-state index >= 15 is 0 Å². The third-order valence-electron chi connectivity index (χ3n) is 3.73. The molecule has 112 valence electrons. The molecule has 0 atom stereocenters. The van der Waals surface area contributed by atoms with E-state index in [1.54, 1.807) is 0 Å². The minimum atomic E-state index is 0.186. The van der Waals surface area contributed by atoms with Gasteiger partial charge in [0.2, 0.25) is 0 Å². The Bertz CT molecular complexity index is 599. The molecule has 0 N–H and O–H groups in total. The van der Waals surface area contributed by atoms with Crippen LogP contribution in [0.3, 0.4) is 0 Å². The molecule has 0 spiro atoms. The lowest BCUT2D eigenvalue weighted by molar-refractivity contribution is 0.0981. The van der Waals surface area contributed by atoms with Crippen molar-refractivity contribution >= 4 is 5.78 Å². The molecule has 2 heteroatoms. The van der Waals surface area contributed by atoms with Gasteiger partial charge in [-0.2, -0.15) is 0 Å². The quantitative estimate of drug-likeness (QED) is 0.721. The summed E-state index contributed by atoms with van der Waals surface area (Å²) in [7, 11) is 0. The van der Waals surface area contributed by atoms with Gasteiger partial charge in [-0.1, -0.05) is 52.0 Å². The summed E-state index contributed by atoms with van der Waals surface area (Å²) >= 11 is 0. The van der Waals surface area contributed by atoms with Crippen molar-refractivity contribution in [1.29, 1.82) is 0 Å². The van der Waals surface area contributed by atoms with Crippen LogP contribution in [0.2, 0.25) is 0 Å². The molecular formula is C19H25NO. The van der Waals surface area contributed by atoms with Crippen LogP contribution in [-0.2, 0) is 12.0 Å². The molecule has 1 aromatic carbocycles. The average Bonchev–Trinajstić information content (AvgIpc) is 2.87. The number of nitrogens with zero attached hydrogens (tertiary/aromatic N) is 1. The van der Waals surface area contributed by atoms with Crippen molar-refractivity contribution in [2.24, 2.45) is 0 Å². The van der Waals surface area contributed by atoms with Crippen LogP contribution in [0.5, 0.6) is 0 Å². The van der Waals surface area contributed by atoms with E-state index in [4.69, 9.17) is 0 Å². The first kappa shape index (κ1) is 15.6. The zero-order valence-electron chi connectivity index (χ0n) is 13.5. The van der Waals surface area contributed by atoms with Crippen LogP contribution >= 0.6 is 0 Å². The first-order valence-corrected chi connectivity index (χ1v) is 7.68. The summed E-state index contributed by atoms with van der Waals surface area (Å²) in [5.41, 5.74) is 3.61. The van der Waals surface area contributed by atoms with Crippen LogP contribution in [0.15, 0.2) is 42.7 Å². The van der Waals surface area contributed by atoms with Crippen molar-refractivity contribution in [3.8, 4) is 0 Å². The number of carbonyl (C=O) groups is 1. The number of hydrogen-bond donors (Lipinski definition) is 0. The Labute approximate surface area is 127 Å². The SMILES string of the molecule is CCCC(=O)c1ccn(Cc2ccc(C(C)(C)C)cc2)c1. The van der Waals surface area contributed by atoms with Crippen molar-refractivity contribution in [3.63, 3.8) is 0 Å². The lowest BCUT2D eigenvalue weighted by Gasteiger charge is -2.19. The number of benzene rings is 1. The Kier molecular flexibility index (Phi) is 4.66. The lowest BCUT2D eigenvalue weighted by Crippen LogP contribution is -2.10. The minimum Gasteiger partial charge on any atom is -0.349 e. The second-order valence-corrected chi connectivity index (χ2v) is 6.69. The Morgan fingerprint density at radius 3 is 2.33 bits per heavy atom. The highest BCUT2D eigenvalue weighted by molar-refractivity contribution is 5.95. The molecule has 2 rings (SSSR count). The van der Waals surface area contributed by atoms with Crippen LogP contribution in [0.1, 0.15) is 62.0 Å². The number of hydrogen-bond acceptors (Lipinski definition) is 1. The monoisotopic (exact) mass is 283 g/mol. The predicted molar refractivity (Wildman–Crippen MR) is 87.9 cm³/mol. The molecule has 0 aliphatic heterocycles. The van der Waals surface area contributed by atoms with Crippen molar-refractivity contribution in [2.45, 2.75) is 52.5 Å². The molecule has 21 heavy (non-hydrogen) atoms. The molecule has 1 heterocycles. The zero-order valence-corrected chi connectivity index (χ0v) is 13.5. The molecule has 0 aliphatic carbocycles. The van der Waals surface area contributed by atoms with Gasteiger partial charge in [-0.15, -0.1) is 0 Å². The van der Waals surface area contributed by atoms with Crippen molar-refractivity contribution < 1.29 is 4.79 Å². The summed E-state index contributed by atoms with van der Waals surface area (Å²) in [6.45, 7) is 9.51. The summed E-state index contributed by atoms with van der Waals surface area (Å²) in [6.07, 6.45) is 5.47. The average molecular weight is 283 g/mol. The van der Waals surface area contributed by atoms with Crippen LogP contribution in [0.25, 0.3) is 0 Å². The molecular weight excluding hydrogens is 258 g/mol. The highest BCUT2D eigenvalue weighted by Crippen LogP contribution is 2.22. The molecule has 0 fully saturated rings. The summed E-state index contributed by atoms with van der Waals surface area (Å²) in [6, 6.07) is 10.7. The molecule has 0 saturated carbocycles. The standard InChI is InChI=1S/C19H25NO/c1-5-6-18(21)16-11-12-20(14-16)13-15-7-9-17(10-8-15)19(2,3)4/h7-12,14H,5-6,13H2,1-4H3. The molecule has 2 aromatic rings. The van der Waals surface area contributed by atoms with E-state index in [9.17, 15) is 4.79 Å². The van der Waals surface area contributed by atoms with Gasteiger partial charge in [0, 0.05) is 30.9 Å². The fraction of sp³-hybridized carbons (Fsp3) is 0.421. The van der Waals surface area contributed by atoms with E-state index in [2.05, 4.69) is 49.6 Å². The van der Waals surface area contributed by atoms with Gasteiger partial charge in [0.05, 0.1) is 0 Å². The largest absolute Gasteiger partial charge is 0.349 e. The minimum absolute atomic E-state index is 0.186. The molecule has 0 radical (unpaired) electrons. The fourth-order valence-electron chi connectivity index (χ4n) is 2.40. The lowest BCUT2D eigenvalue weighted by atomic mass is 9.87. The second kappa shape index (κ2) is 6.30. The molecule has 0 aliphatic rings. The van der Waals surface area contributed by atoms with E-state index in [1.807, 2.05) is 25.4 Å². The predicted octanol–water partition coefficient (Wildman–Crippen LogP) is 4.82. The fourth-order valence-corrected chi connectivity index (χ4v) is 2.40. The topological polar surface area (TPSA) is 22.0 Å². The van der Waals surface area contributed by atoms with Gasteiger partial charge in [-0.3, -0.25) is 4.79 Å². The molecule has 0 saturated heterocycles. The number of carbonyl (C=O) groups excluding carboxylic acids is 1. The van der Waals surface area contributed by atoms with Gasteiger partial charge in [0.15, 0.2) is 5.78 Å². The van der Waals surface area contributed by atoms with Crippen molar-refractivity contribution in [1.82, 2.24) is 4.57 Å². The first-order chi connectivity index (χ1) is 9.90. The molecule has 0 unspecified atom stereocenters. The van der Waals surface area contributed by atoms with Gasteiger partial charge in [-0.25, -0.2) is 0 Å². The maximum Gasteiger partial charge on any atom is 0.164 e. The van der Waals surface area contributed by atoms with E-state index < -0.39 is 0 Å². The summed E-state index contributed by atoms with van der Waals surface area (Å²) in [5, 5.41) is 0. The third kappa shape index (κ3) is 4.07. The maximum absolute atomic E-state index is 11.9. The number of aromatic nitrogens is 1. The van der Waals surface area contributed by atoms with Gasteiger partial charge in [0.25, 0.3) is 0 Å². The summed E-state index contributed by atoms with van der Waals surface area (Å²) < 4.78 is 2.08. The molecule has 0 amide bonds. The van der Waals surface area contributed by atoms with Crippen LogP contribution in [0, 0.1) is 0 Å². The van der Waals surface area contributed by atoms with E-state index in [0.29, 0.717) is 6.42 Å². The number of rotatable bonds is 5.